The predicted octanol–water partition coefficient (Wildman–Crippen LogP) is 0.960. The summed E-state index contributed by atoms with van der Waals surface area (Å²) in [5.41, 5.74) is 4.03. The number of rotatable bonds is 9. The van der Waals surface area contributed by atoms with Crippen LogP contribution in [-0.2, 0) is 48.7 Å². The van der Waals surface area contributed by atoms with Gasteiger partial charge in [-0.1, -0.05) is 0 Å². The fraction of sp³-hybridized carbons (Fsp3) is 0.227. The van der Waals surface area contributed by atoms with Crippen LogP contribution in [0.25, 0.3) is 0 Å². The first-order valence-electron chi connectivity index (χ1n) is 11.8. The minimum atomic E-state index is -4.30. The van der Waals surface area contributed by atoms with E-state index in [2.05, 4.69) is 89.3 Å². The molecular weight excluding hydrogens is 1320 g/mol. The van der Waals surface area contributed by atoms with Crippen molar-refractivity contribution in [2.75, 3.05) is 25.3 Å². The average Bonchev–Trinajstić information content (AvgIpc) is 3.02. The number of nitro benzene ring substituents is 2. The van der Waals surface area contributed by atoms with E-state index in [4.69, 9.17) is 32.9 Å². The van der Waals surface area contributed by atoms with Gasteiger partial charge in [0.05, 0.1) is 41.5 Å². The summed E-state index contributed by atoms with van der Waals surface area (Å²) in [5.74, 6) is -2.28. The summed E-state index contributed by atoms with van der Waals surface area (Å²) in [4.78, 5) is 60.7. The summed E-state index contributed by atoms with van der Waals surface area (Å²) in [7, 11) is -6.05. The number of non-ortho nitro benzene ring substituents is 2. The quantitative estimate of drug-likeness (QED) is 0.0517. The Bertz CT molecular complexity index is 1770. The van der Waals surface area contributed by atoms with E-state index in [9.17, 15) is 56.2 Å². The molecular formula is C22H26ClI5N7O14S2-. The number of nitrogen functional groups attached to an aromatic ring is 1. The summed E-state index contributed by atoms with van der Waals surface area (Å²) in [6, 6.07) is 7.51. The normalized spacial score (nSPS) is 9.51. The predicted molar refractivity (Wildman–Crippen MR) is 213 cm³/mol. The number of nitrogens with one attached hydrogen (secondary N) is 1. The van der Waals surface area contributed by atoms with Crippen LogP contribution in [0.5, 0.6) is 0 Å². The number of hydrogen-bond donors (Lipinski definition) is 4. The monoisotopic (exact) mass is 1350 g/mol. The van der Waals surface area contributed by atoms with Gasteiger partial charge < -0.3 is 20.5 Å². The molecule has 0 fully saturated rings. The summed E-state index contributed by atoms with van der Waals surface area (Å²) < 4.78 is 53.0. The van der Waals surface area contributed by atoms with Gasteiger partial charge >= 0.3 is 62.4 Å². The van der Waals surface area contributed by atoms with Crippen molar-refractivity contribution in [2.24, 2.45) is 10.3 Å². The number of halogens is 6. The van der Waals surface area contributed by atoms with E-state index in [0.717, 1.165) is 37.4 Å². The van der Waals surface area contributed by atoms with Crippen LogP contribution in [0.15, 0.2) is 46.2 Å². The Morgan fingerprint density at radius 2 is 1.24 bits per heavy atom. The van der Waals surface area contributed by atoms with Gasteiger partial charge in [0.25, 0.3) is 11.4 Å². The van der Waals surface area contributed by atoms with Gasteiger partial charge in [-0.15, -0.1) is 0 Å². The number of carbonyl (C=O) groups excluding carboxylic acids is 4. The molecule has 2 rings (SSSR count). The molecule has 0 spiro atoms. The Morgan fingerprint density at radius 3 is 1.55 bits per heavy atom. The molecule has 0 bridgehead atoms. The number of amides is 1. The molecule has 2 aromatic rings. The van der Waals surface area contributed by atoms with Crippen LogP contribution >= 0.6 is 86.1 Å². The molecule has 0 aromatic heterocycles. The Balaban J connectivity index is -0.000000316. The molecule has 1 amide bonds. The molecule has 7 N–H and O–H groups in total. The van der Waals surface area contributed by atoms with Crippen molar-refractivity contribution >= 4 is 152 Å². The first-order chi connectivity index (χ1) is 23.5. The van der Waals surface area contributed by atoms with Crippen molar-refractivity contribution in [1.82, 2.24) is 0 Å². The van der Waals surface area contributed by atoms with Crippen LogP contribution in [0.2, 0.25) is 0 Å². The van der Waals surface area contributed by atoms with E-state index in [1.807, 2.05) is 0 Å². The van der Waals surface area contributed by atoms with Crippen molar-refractivity contribution in [1.29, 1.82) is 5.26 Å². The summed E-state index contributed by atoms with van der Waals surface area (Å²) in [6.07, 6.45) is -0.990. The number of nitrogens with zero attached hydrogens (tertiary/aromatic N) is 3. The molecule has 0 aliphatic rings. The number of carbonyl (C=O) groups is 4. The number of sulfonamides is 2. The summed E-state index contributed by atoms with van der Waals surface area (Å²) in [5, 5.41) is 39.4. The molecule has 0 atom stereocenters. The Hall–Kier alpha value is -1.63. The van der Waals surface area contributed by atoms with E-state index in [0.29, 0.717) is 19.3 Å². The average molecular weight is 1350 g/mol. The second-order valence-electron chi connectivity index (χ2n) is 7.69. The van der Waals surface area contributed by atoms with Gasteiger partial charge in [0.2, 0.25) is 31.2 Å². The molecule has 0 radical (unpaired) electrons. The number of primary sulfonamides is 2. The van der Waals surface area contributed by atoms with E-state index < -0.39 is 74.9 Å². The van der Waals surface area contributed by atoms with Crippen molar-refractivity contribution in [3.8, 4) is 6.07 Å². The third-order valence-corrected chi connectivity index (χ3v) is 6.37. The third-order valence-electron chi connectivity index (χ3n) is 4.31. The number of methoxy groups -OCH3 is 2. The van der Waals surface area contributed by atoms with Crippen LogP contribution in [0, 0.1) is 31.6 Å². The number of hydrogen-bond acceptors (Lipinski definition) is 16. The van der Waals surface area contributed by atoms with Gasteiger partial charge in [0, 0.05) is 68.4 Å². The number of benzene rings is 2. The minimum absolute atomic E-state index is 0.113. The van der Waals surface area contributed by atoms with Crippen LogP contribution in [0.4, 0.5) is 22.7 Å². The van der Waals surface area contributed by atoms with Crippen LogP contribution in [0.3, 0.4) is 0 Å². The standard InChI is InChI=1S/C10H11N3O7S.C6H7N3O4S.C4H5ClO3.C2H3N.I3.I2/c1-20-10(15)5-9(14)12-7-3-2-6(13(16)17)4-8(7)21(11,18)19;7-5-2-1-4(9(10)11)3-6(5)14(8,12)13;1-8-4(7)2-3(5)6;1-2-3;1-3-2;1-2/h2-4H,5H2,1H3,(H,12,14)(H2,11,18,19);1-3H,7H2,(H2,8,12,13);2H2,1H3;1H3;;/q;;;;-1;. The van der Waals surface area contributed by atoms with Gasteiger partial charge in [0.15, 0.2) is 0 Å². The number of anilines is 2. The van der Waals surface area contributed by atoms with Crippen LogP contribution in [-0.4, -0.2) is 64.0 Å². The zero-order valence-electron chi connectivity index (χ0n) is 25.8. The van der Waals surface area contributed by atoms with Crippen molar-refractivity contribution in [3.63, 3.8) is 0 Å². The molecule has 0 unspecified atom stereocenters. The van der Waals surface area contributed by atoms with Gasteiger partial charge in [0.1, 0.15) is 22.6 Å². The van der Waals surface area contributed by atoms with Crippen LogP contribution in [0.1, 0.15) is 19.8 Å². The van der Waals surface area contributed by atoms with Gasteiger partial charge in [-0.25, -0.2) is 27.1 Å². The SMILES string of the molecule is CC#N.COC(=O)CC(=O)Cl.COC(=O)CC(=O)Nc1ccc([N+](=O)[O-])cc1S(N)(=O)=O.II.I[I-]I.Nc1ccc([N+](=O)[O-])cc1S(N)(=O)=O. The fourth-order valence-corrected chi connectivity index (χ4v) is 3.93. The van der Waals surface area contributed by atoms with Gasteiger partial charge in [-0.2, -0.15) is 5.26 Å². The molecule has 21 nitrogen and oxygen atoms in total. The van der Waals surface area contributed by atoms with E-state index >= 15 is 0 Å². The Labute approximate surface area is 349 Å². The first-order valence-corrected chi connectivity index (χ1v) is 34.1. The van der Waals surface area contributed by atoms with E-state index in [1.54, 1.807) is 6.07 Å². The second-order valence-corrected chi connectivity index (χ2v) is 27.4. The molecule has 288 valence electrons. The molecule has 51 heavy (non-hydrogen) atoms. The first kappa shape index (κ1) is 56.1. The largest absolute Gasteiger partial charge is 0.398 e. The zero-order chi connectivity index (χ0) is 41.1. The number of nitriles is 1. The maximum absolute atomic E-state index is 11.5. The molecule has 0 saturated carbocycles. The van der Waals surface area contributed by atoms with E-state index in [1.165, 1.54) is 14.0 Å². The molecule has 29 heteroatoms. The fourth-order valence-electron chi connectivity index (χ4n) is 2.43. The van der Waals surface area contributed by atoms with Gasteiger partial charge in [-0.3, -0.25) is 39.4 Å². The number of nitro groups is 2. The molecule has 0 heterocycles. The van der Waals surface area contributed by atoms with Crippen LogP contribution < -0.4 is 34.6 Å². The Kier molecular flexibility index (Phi) is 33.9. The molecule has 0 saturated heterocycles. The topological polar surface area (TPSA) is 355 Å². The van der Waals surface area contributed by atoms with E-state index in [-0.39, 0.29) is 23.5 Å². The number of nitrogens with two attached hydrogens (primary N) is 3. The minimum Gasteiger partial charge on any atom is -0.398 e. The Morgan fingerprint density at radius 1 is 0.882 bits per heavy atom. The molecule has 2 aromatic carbocycles. The molecule has 0 aliphatic carbocycles. The maximum Gasteiger partial charge on any atom is 0.270 e. The summed E-state index contributed by atoms with van der Waals surface area (Å²) >= 11 is 14.4. The summed E-state index contributed by atoms with van der Waals surface area (Å²) in [6.45, 7) is 1.43. The van der Waals surface area contributed by atoms with Crippen molar-refractivity contribution in [2.45, 2.75) is 29.6 Å². The zero-order valence-corrected chi connectivity index (χ0v) is 38.9. The smallest absolute Gasteiger partial charge is 0.270 e. The van der Waals surface area contributed by atoms with Crippen molar-refractivity contribution in [3.05, 3.63) is 56.6 Å². The van der Waals surface area contributed by atoms with Crippen molar-refractivity contribution < 1.29 is 68.6 Å². The molecule has 0 aliphatic heterocycles. The van der Waals surface area contributed by atoms with Gasteiger partial charge in [-0.05, 0) is 23.7 Å². The maximum atomic E-state index is 11.5. The number of ether oxygens (including phenoxy) is 2. The second kappa shape index (κ2) is 30.8. The number of esters is 2. The third kappa shape index (κ3) is 28.5.